The van der Waals surface area contributed by atoms with Gasteiger partial charge >= 0.3 is 12.1 Å². The lowest BCUT2D eigenvalue weighted by atomic mass is 9.92. The first-order valence-electron chi connectivity index (χ1n) is 15.8. The fourth-order valence-electron chi connectivity index (χ4n) is 6.82. The van der Waals surface area contributed by atoms with Crippen LogP contribution in [0.15, 0.2) is 45.8 Å². The van der Waals surface area contributed by atoms with E-state index in [1.807, 2.05) is 12.2 Å². The van der Waals surface area contributed by atoms with Crippen molar-refractivity contribution < 1.29 is 41.3 Å². The van der Waals surface area contributed by atoms with Crippen LogP contribution < -0.4 is 5.32 Å². The number of carbonyl (C=O) groups is 4. The minimum Gasteiger partial charge on any atom is -0.469 e. The number of benzene rings is 1. The number of allylic oxidation sites excluding steroid dienone is 2. The third kappa shape index (κ3) is 7.97. The lowest BCUT2D eigenvalue weighted by Crippen LogP contribution is -2.52. The molecule has 0 radical (unpaired) electrons. The number of ether oxygens (including phenoxy) is 2. The highest BCUT2D eigenvalue weighted by Gasteiger charge is 2.61. The van der Waals surface area contributed by atoms with Crippen molar-refractivity contribution in [2.24, 2.45) is 11.3 Å². The van der Waals surface area contributed by atoms with Gasteiger partial charge in [-0.3, -0.25) is 18.6 Å². The van der Waals surface area contributed by atoms with Crippen molar-refractivity contribution in [3.63, 3.8) is 0 Å². The molecule has 0 spiro atoms. The van der Waals surface area contributed by atoms with E-state index in [4.69, 9.17) is 13.7 Å². The molecule has 2 aliphatic carbocycles. The van der Waals surface area contributed by atoms with Gasteiger partial charge in [-0.2, -0.15) is 8.42 Å². The molecular formula is C32H41BrN2O9S. The number of nitrogens with zero attached hydrogens (tertiary/aromatic N) is 1. The lowest BCUT2D eigenvalue weighted by Gasteiger charge is -2.29. The number of alkyl carbamates (subject to hydrolysis) is 1. The second kappa shape index (κ2) is 14.3. The van der Waals surface area contributed by atoms with Crippen LogP contribution in [0.5, 0.6) is 0 Å². The summed E-state index contributed by atoms with van der Waals surface area (Å²) in [6.07, 6.45) is 9.28. The number of esters is 1. The Hall–Kier alpha value is -2.77. The molecule has 5 atom stereocenters. The number of hydrogen-bond acceptors (Lipinski definition) is 9. The molecule has 2 heterocycles. The molecule has 2 amide bonds. The molecule has 45 heavy (non-hydrogen) atoms. The summed E-state index contributed by atoms with van der Waals surface area (Å²) < 4.78 is 43.3. The Morgan fingerprint density at radius 3 is 2.42 bits per heavy atom. The number of amides is 2. The van der Waals surface area contributed by atoms with Crippen molar-refractivity contribution in [3.8, 4) is 0 Å². The van der Waals surface area contributed by atoms with E-state index in [9.17, 15) is 27.6 Å². The van der Waals surface area contributed by atoms with Gasteiger partial charge in [-0.05, 0) is 81.5 Å². The molecule has 0 aromatic heterocycles. The van der Waals surface area contributed by atoms with E-state index in [-0.39, 0.29) is 42.1 Å². The summed E-state index contributed by atoms with van der Waals surface area (Å²) in [6.45, 7) is -0.171. The molecule has 246 valence electrons. The molecule has 1 saturated heterocycles. The van der Waals surface area contributed by atoms with Crippen molar-refractivity contribution in [2.75, 3.05) is 13.7 Å². The Labute approximate surface area is 272 Å². The molecule has 1 aromatic carbocycles. The Morgan fingerprint density at radius 2 is 1.71 bits per heavy atom. The zero-order chi connectivity index (χ0) is 32.2. The molecule has 0 unspecified atom stereocenters. The monoisotopic (exact) mass is 708 g/mol. The van der Waals surface area contributed by atoms with Gasteiger partial charge in [0.1, 0.15) is 12.1 Å². The maximum atomic E-state index is 14.2. The second-order valence-electron chi connectivity index (χ2n) is 12.5. The number of ketones is 1. The fraction of sp³-hybridized carbons (Fsp3) is 0.625. The largest absolute Gasteiger partial charge is 0.469 e. The maximum absolute atomic E-state index is 14.2. The summed E-state index contributed by atoms with van der Waals surface area (Å²) in [6, 6.07) is 3.95. The summed E-state index contributed by atoms with van der Waals surface area (Å²) in [4.78, 5) is 55.2. The van der Waals surface area contributed by atoms with Gasteiger partial charge in [0.25, 0.3) is 10.1 Å². The zero-order valence-electron chi connectivity index (χ0n) is 25.5. The van der Waals surface area contributed by atoms with Crippen molar-refractivity contribution in [2.45, 2.75) is 106 Å². The molecule has 3 fully saturated rings. The van der Waals surface area contributed by atoms with Crippen molar-refractivity contribution in [1.82, 2.24) is 10.2 Å². The highest BCUT2D eigenvalue weighted by molar-refractivity contribution is 9.10. The van der Waals surface area contributed by atoms with Crippen LogP contribution in [0, 0.1) is 11.3 Å². The molecule has 2 saturated carbocycles. The van der Waals surface area contributed by atoms with Crippen molar-refractivity contribution >= 4 is 49.8 Å². The van der Waals surface area contributed by atoms with Crippen LogP contribution in [-0.2, 0) is 38.2 Å². The number of methoxy groups -OCH3 is 1. The first kappa shape index (κ1) is 33.6. The molecule has 1 N–H and O–H groups in total. The normalized spacial score (nSPS) is 30.4. The van der Waals surface area contributed by atoms with E-state index in [0.717, 1.165) is 44.9 Å². The number of halogens is 1. The molecule has 4 aliphatic rings. The molecule has 11 nitrogen and oxygen atoms in total. The topological polar surface area (TPSA) is 145 Å². The van der Waals surface area contributed by atoms with Gasteiger partial charge in [0, 0.05) is 23.9 Å². The van der Waals surface area contributed by atoms with Gasteiger partial charge in [-0.25, -0.2) is 4.79 Å². The van der Waals surface area contributed by atoms with Gasteiger partial charge in [0.05, 0.1) is 29.6 Å². The van der Waals surface area contributed by atoms with Crippen molar-refractivity contribution in [1.29, 1.82) is 0 Å². The van der Waals surface area contributed by atoms with Gasteiger partial charge in [-0.1, -0.05) is 40.9 Å². The molecule has 5 rings (SSSR count). The Morgan fingerprint density at radius 1 is 1.00 bits per heavy atom. The quantitative estimate of drug-likeness (QED) is 0.250. The number of Topliss-reactive ketones (excluding diaryl/α,β-unsaturated/α-hetero) is 1. The summed E-state index contributed by atoms with van der Waals surface area (Å²) in [5.41, 5.74) is -1.03. The number of rotatable bonds is 6. The van der Waals surface area contributed by atoms with Crippen LogP contribution in [0.2, 0.25) is 0 Å². The van der Waals surface area contributed by atoms with Crippen LogP contribution >= 0.6 is 15.9 Å². The van der Waals surface area contributed by atoms with Crippen LogP contribution in [0.1, 0.15) is 77.0 Å². The minimum absolute atomic E-state index is 0.0562. The van der Waals surface area contributed by atoms with E-state index in [2.05, 4.69) is 21.2 Å². The highest BCUT2D eigenvalue weighted by Crippen LogP contribution is 2.57. The molecule has 13 heteroatoms. The van der Waals surface area contributed by atoms with Gasteiger partial charge in [-0.15, -0.1) is 0 Å². The molecular weight excluding hydrogens is 668 g/mol. The summed E-state index contributed by atoms with van der Waals surface area (Å²) >= 11 is 3.29. The Balaban J connectivity index is 1.41. The number of nitrogens with one attached hydrogen (secondary N) is 1. The van der Waals surface area contributed by atoms with E-state index < -0.39 is 51.7 Å². The second-order valence-corrected chi connectivity index (χ2v) is 15.0. The third-order valence-electron chi connectivity index (χ3n) is 9.40. The van der Waals surface area contributed by atoms with Crippen LogP contribution in [0.4, 0.5) is 4.79 Å². The van der Waals surface area contributed by atoms with Gasteiger partial charge < -0.3 is 19.7 Å². The van der Waals surface area contributed by atoms with Crippen LogP contribution in [-0.4, -0.2) is 75.0 Å². The van der Waals surface area contributed by atoms with Crippen LogP contribution in [0.3, 0.4) is 0 Å². The standard InChI is InChI=1S/C32H41BrN2O9S/c1-42-30(38)32-18-21(32)9-5-3-2-4-6-12-26(34-31(39)43-23-10-7-8-11-23)29(37)35-20-24(17-27(35)28(36)19-32)44-45(40,41)25-15-13-22(33)14-16-25/h5,9,13-16,21,23-24,26-27H,2-4,6-8,10-12,17-20H2,1H3,(H,34,39)/b9-5-/t21-,24-,26-,27-,32+/m0/s1. The van der Waals surface area contributed by atoms with Crippen LogP contribution in [0.25, 0.3) is 0 Å². The van der Waals surface area contributed by atoms with E-state index in [0.29, 0.717) is 23.7 Å². The predicted octanol–water partition coefficient (Wildman–Crippen LogP) is 4.82. The zero-order valence-corrected chi connectivity index (χ0v) is 27.9. The average molecular weight is 710 g/mol. The average Bonchev–Trinajstić information content (AvgIpc) is 3.29. The third-order valence-corrected chi connectivity index (χ3v) is 11.3. The van der Waals surface area contributed by atoms with E-state index in [1.54, 1.807) is 12.1 Å². The number of carbonyl (C=O) groups excluding carboxylic acids is 4. The maximum Gasteiger partial charge on any atom is 0.408 e. The highest BCUT2D eigenvalue weighted by atomic mass is 79.9. The van der Waals surface area contributed by atoms with Crippen molar-refractivity contribution in [3.05, 3.63) is 40.9 Å². The Bertz CT molecular complexity index is 1410. The lowest BCUT2D eigenvalue weighted by molar-refractivity contribution is -0.150. The van der Waals surface area contributed by atoms with E-state index in [1.165, 1.54) is 24.1 Å². The fourth-order valence-corrected chi connectivity index (χ4v) is 8.16. The molecule has 0 bridgehead atoms. The number of fused-ring (bicyclic) bond motifs is 2. The first-order valence-corrected chi connectivity index (χ1v) is 18.0. The minimum atomic E-state index is -4.22. The number of hydrogen-bond donors (Lipinski definition) is 1. The summed E-state index contributed by atoms with van der Waals surface area (Å²) in [5, 5.41) is 2.75. The summed E-state index contributed by atoms with van der Waals surface area (Å²) in [5.74, 6) is -1.52. The summed E-state index contributed by atoms with van der Waals surface area (Å²) in [7, 11) is -2.93. The van der Waals surface area contributed by atoms with E-state index >= 15 is 0 Å². The molecule has 2 aliphatic heterocycles. The first-order chi connectivity index (χ1) is 21.5. The van der Waals surface area contributed by atoms with Gasteiger partial charge in [0.2, 0.25) is 5.91 Å². The Kier molecular flexibility index (Phi) is 10.7. The predicted molar refractivity (Wildman–Crippen MR) is 166 cm³/mol. The smallest absolute Gasteiger partial charge is 0.408 e. The van der Waals surface area contributed by atoms with Gasteiger partial charge in [0.15, 0.2) is 5.78 Å². The molecule has 1 aromatic rings. The SMILES string of the molecule is COC(=O)[C@]12CC(=O)[C@@H]3C[C@H](OS(=O)(=O)c4ccc(Br)cc4)CN3C(=O)[C@@H](NC(=O)OC3CCCC3)CCCCC/C=C\[C@H]1C2.